The molecule has 1 aromatic carbocycles. The molecule has 17 heavy (non-hydrogen) atoms. The lowest BCUT2D eigenvalue weighted by atomic mass is 10.2. The van der Waals surface area contributed by atoms with Crippen molar-refractivity contribution in [3.8, 4) is 5.75 Å². The number of ether oxygens (including phenoxy) is 1. The quantitative estimate of drug-likeness (QED) is 0.798. The minimum absolute atomic E-state index is 0.0527. The summed E-state index contributed by atoms with van der Waals surface area (Å²) in [5, 5.41) is 8.89. The molecule has 1 aromatic rings. The Labute approximate surface area is 99.2 Å². The van der Waals surface area contributed by atoms with Gasteiger partial charge in [-0.05, 0) is 24.1 Å². The van der Waals surface area contributed by atoms with E-state index < -0.39 is 17.9 Å². The van der Waals surface area contributed by atoms with E-state index in [0.717, 1.165) is 0 Å². The summed E-state index contributed by atoms with van der Waals surface area (Å²) >= 11 is 0. The van der Waals surface area contributed by atoms with Crippen LogP contribution in [-0.4, -0.2) is 17.2 Å². The van der Waals surface area contributed by atoms with Crippen molar-refractivity contribution in [2.45, 2.75) is 32.4 Å². The number of carbonyl (C=O) groups is 1. The van der Waals surface area contributed by atoms with Crippen molar-refractivity contribution in [3.05, 3.63) is 29.6 Å². The number of hydrogen-bond acceptors (Lipinski definition) is 3. The maximum atomic E-state index is 13.5. The van der Waals surface area contributed by atoms with Crippen LogP contribution in [0.25, 0.3) is 0 Å². The highest BCUT2D eigenvalue weighted by molar-refractivity contribution is 5.72. The number of nitrogens with two attached hydrogens (primary N) is 1. The Morgan fingerprint density at radius 3 is 2.76 bits per heavy atom. The number of carboxylic acid groups (broad SMARTS) is 1. The first-order chi connectivity index (χ1) is 8.08. The van der Waals surface area contributed by atoms with Crippen molar-refractivity contribution in [2.24, 2.45) is 5.73 Å². The lowest BCUT2D eigenvalue weighted by Crippen LogP contribution is -2.27. The summed E-state index contributed by atoms with van der Waals surface area (Å²) in [5.74, 6) is -1.73. The first-order valence-corrected chi connectivity index (χ1v) is 5.46. The van der Waals surface area contributed by atoms with Crippen LogP contribution < -0.4 is 10.5 Å². The van der Waals surface area contributed by atoms with Gasteiger partial charge in [-0.25, -0.2) is 9.18 Å². The number of halogens is 1. The predicted molar refractivity (Wildman–Crippen MR) is 61.3 cm³/mol. The van der Waals surface area contributed by atoms with Gasteiger partial charge in [0, 0.05) is 6.54 Å². The van der Waals surface area contributed by atoms with Crippen LogP contribution in [0, 0.1) is 5.82 Å². The van der Waals surface area contributed by atoms with Crippen LogP contribution in [-0.2, 0) is 11.3 Å². The third-order valence-corrected chi connectivity index (χ3v) is 2.33. The van der Waals surface area contributed by atoms with E-state index in [9.17, 15) is 9.18 Å². The minimum atomic E-state index is -1.09. The summed E-state index contributed by atoms with van der Waals surface area (Å²) in [6, 6.07) is 4.27. The van der Waals surface area contributed by atoms with Crippen molar-refractivity contribution in [2.75, 3.05) is 0 Å². The zero-order valence-corrected chi connectivity index (χ0v) is 9.65. The maximum absolute atomic E-state index is 13.5. The predicted octanol–water partition coefficient (Wildman–Crippen LogP) is 1.92. The molecule has 94 valence electrons. The van der Waals surface area contributed by atoms with Crippen molar-refractivity contribution in [3.63, 3.8) is 0 Å². The van der Waals surface area contributed by atoms with E-state index >= 15 is 0 Å². The van der Waals surface area contributed by atoms with Gasteiger partial charge in [-0.3, -0.25) is 0 Å². The van der Waals surface area contributed by atoms with E-state index in [0.29, 0.717) is 18.4 Å². The van der Waals surface area contributed by atoms with E-state index in [4.69, 9.17) is 15.6 Å². The van der Waals surface area contributed by atoms with Gasteiger partial charge in [0.25, 0.3) is 0 Å². The van der Waals surface area contributed by atoms with Crippen LogP contribution in [0.5, 0.6) is 5.75 Å². The van der Waals surface area contributed by atoms with Crippen molar-refractivity contribution in [1.29, 1.82) is 0 Å². The monoisotopic (exact) mass is 241 g/mol. The molecule has 0 aliphatic heterocycles. The van der Waals surface area contributed by atoms with Crippen molar-refractivity contribution >= 4 is 5.97 Å². The summed E-state index contributed by atoms with van der Waals surface area (Å²) in [6.45, 7) is 2.07. The molecule has 0 saturated heterocycles. The molecule has 0 amide bonds. The molecule has 0 spiro atoms. The average Bonchev–Trinajstić information content (AvgIpc) is 2.30. The second-order valence-corrected chi connectivity index (χ2v) is 3.70. The van der Waals surface area contributed by atoms with Gasteiger partial charge in [-0.2, -0.15) is 0 Å². The number of aliphatic carboxylic acids is 1. The highest BCUT2D eigenvalue weighted by Crippen LogP contribution is 2.20. The maximum Gasteiger partial charge on any atom is 0.344 e. The zero-order valence-electron chi connectivity index (χ0n) is 9.65. The molecule has 0 aliphatic carbocycles. The first kappa shape index (κ1) is 13.4. The molecular formula is C12H16FNO3. The average molecular weight is 241 g/mol. The molecule has 1 unspecified atom stereocenters. The summed E-state index contributed by atoms with van der Waals surface area (Å²) in [5.41, 5.74) is 6.00. The summed E-state index contributed by atoms with van der Waals surface area (Å²) in [4.78, 5) is 10.9. The van der Waals surface area contributed by atoms with Crippen LogP contribution in [0.3, 0.4) is 0 Å². The third kappa shape index (κ3) is 3.71. The van der Waals surface area contributed by atoms with Crippen molar-refractivity contribution < 1.29 is 19.0 Å². The molecule has 3 N–H and O–H groups in total. The second kappa shape index (κ2) is 6.20. The molecule has 0 saturated carbocycles. The number of carboxylic acids is 1. The van der Waals surface area contributed by atoms with Crippen LogP contribution in [0.1, 0.15) is 25.3 Å². The smallest absolute Gasteiger partial charge is 0.344 e. The van der Waals surface area contributed by atoms with E-state index in [2.05, 4.69) is 0 Å². The van der Waals surface area contributed by atoms with E-state index in [1.807, 2.05) is 6.92 Å². The Hall–Kier alpha value is -1.62. The topological polar surface area (TPSA) is 72.5 Å². The molecule has 1 atom stereocenters. The van der Waals surface area contributed by atoms with Gasteiger partial charge in [0.2, 0.25) is 0 Å². The summed E-state index contributed by atoms with van der Waals surface area (Å²) in [6.07, 6.45) is -0.0226. The Morgan fingerprint density at radius 2 is 2.29 bits per heavy atom. The van der Waals surface area contributed by atoms with Gasteiger partial charge in [0.15, 0.2) is 17.7 Å². The standard InChI is InChI=1S/C12H16FNO3/c1-2-3-11(12(15)16)17-10-5-4-8(7-14)6-9(10)13/h4-6,11H,2-3,7,14H2,1H3,(H,15,16). The Kier molecular flexibility index (Phi) is 4.90. The molecule has 0 bridgehead atoms. The normalized spacial score (nSPS) is 12.2. The van der Waals surface area contributed by atoms with Gasteiger partial charge in [-0.15, -0.1) is 0 Å². The zero-order chi connectivity index (χ0) is 12.8. The molecule has 5 heteroatoms. The highest BCUT2D eigenvalue weighted by atomic mass is 19.1. The minimum Gasteiger partial charge on any atom is -0.479 e. The number of rotatable bonds is 6. The molecule has 1 rings (SSSR count). The molecule has 0 fully saturated rings. The van der Waals surface area contributed by atoms with Crippen LogP contribution in [0.2, 0.25) is 0 Å². The fraction of sp³-hybridized carbons (Fsp3) is 0.417. The third-order valence-electron chi connectivity index (χ3n) is 2.33. The Bertz CT molecular complexity index is 395. The fourth-order valence-electron chi connectivity index (χ4n) is 1.42. The molecule has 4 nitrogen and oxygen atoms in total. The van der Waals surface area contributed by atoms with Gasteiger partial charge < -0.3 is 15.6 Å². The first-order valence-electron chi connectivity index (χ1n) is 5.46. The van der Waals surface area contributed by atoms with Gasteiger partial charge in [-0.1, -0.05) is 19.4 Å². The highest BCUT2D eigenvalue weighted by Gasteiger charge is 2.19. The molecule has 0 aliphatic rings. The second-order valence-electron chi connectivity index (χ2n) is 3.70. The van der Waals surface area contributed by atoms with E-state index in [1.165, 1.54) is 12.1 Å². The molecular weight excluding hydrogens is 225 g/mol. The Balaban J connectivity index is 2.82. The largest absolute Gasteiger partial charge is 0.479 e. The fourth-order valence-corrected chi connectivity index (χ4v) is 1.42. The summed E-state index contributed by atoms with van der Waals surface area (Å²) < 4.78 is 18.7. The lowest BCUT2D eigenvalue weighted by molar-refractivity contribution is -0.145. The number of hydrogen-bond donors (Lipinski definition) is 2. The van der Waals surface area contributed by atoms with E-state index in [1.54, 1.807) is 6.07 Å². The molecule has 0 radical (unpaired) electrons. The Morgan fingerprint density at radius 1 is 1.59 bits per heavy atom. The SMILES string of the molecule is CCCC(Oc1ccc(CN)cc1F)C(=O)O. The molecule has 0 heterocycles. The lowest BCUT2D eigenvalue weighted by Gasteiger charge is -2.15. The van der Waals surface area contributed by atoms with Crippen molar-refractivity contribution in [1.82, 2.24) is 0 Å². The van der Waals surface area contributed by atoms with E-state index in [-0.39, 0.29) is 12.3 Å². The van der Waals surface area contributed by atoms with Gasteiger partial charge in [0.1, 0.15) is 0 Å². The van der Waals surface area contributed by atoms with Crippen LogP contribution in [0.4, 0.5) is 4.39 Å². The molecule has 0 aromatic heterocycles. The number of benzene rings is 1. The van der Waals surface area contributed by atoms with Gasteiger partial charge >= 0.3 is 5.97 Å². The van der Waals surface area contributed by atoms with Crippen LogP contribution in [0.15, 0.2) is 18.2 Å². The van der Waals surface area contributed by atoms with Gasteiger partial charge in [0.05, 0.1) is 0 Å². The van der Waals surface area contributed by atoms with Crippen LogP contribution >= 0.6 is 0 Å². The summed E-state index contributed by atoms with van der Waals surface area (Å²) in [7, 11) is 0.